The third-order valence-corrected chi connectivity index (χ3v) is 5.92. The molecule has 8 heteroatoms. The summed E-state index contributed by atoms with van der Waals surface area (Å²) >= 11 is 1.61. The molecule has 160 valence electrons. The van der Waals surface area contributed by atoms with Crippen LogP contribution in [0.5, 0.6) is 0 Å². The molecule has 1 aliphatic heterocycles. The second kappa shape index (κ2) is 9.61. The molecular formula is C23H24N4O3S. The zero-order valence-corrected chi connectivity index (χ0v) is 18.1. The highest BCUT2D eigenvalue weighted by Crippen LogP contribution is 2.28. The lowest BCUT2D eigenvalue weighted by Crippen LogP contribution is -2.50. The average Bonchev–Trinajstić information content (AvgIpc) is 3.48. The van der Waals surface area contributed by atoms with Gasteiger partial charge < -0.3 is 14.5 Å². The molecule has 1 fully saturated rings. The summed E-state index contributed by atoms with van der Waals surface area (Å²) in [5.74, 6) is -0.0758. The number of piperazine rings is 1. The summed E-state index contributed by atoms with van der Waals surface area (Å²) in [4.78, 5) is 29.0. The van der Waals surface area contributed by atoms with E-state index in [0.717, 1.165) is 21.8 Å². The fraction of sp³-hybridized carbons (Fsp3) is 0.261. The van der Waals surface area contributed by atoms with Gasteiger partial charge >= 0.3 is 6.09 Å². The maximum Gasteiger partial charge on any atom is 0.409 e. The molecule has 4 rings (SSSR count). The van der Waals surface area contributed by atoms with Gasteiger partial charge in [-0.2, -0.15) is 5.10 Å². The zero-order valence-electron chi connectivity index (χ0n) is 17.3. The quantitative estimate of drug-likeness (QED) is 0.569. The number of hydrogen-bond donors (Lipinski definition) is 0. The van der Waals surface area contributed by atoms with Crippen molar-refractivity contribution < 1.29 is 14.3 Å². The van der Waals surface area contributed by atoms with E-state index < -0.39 is 0 Å². The first-order valence-corrected chi connectivity index (χ1v) is 11.1. The number of benzene rings is 1. The Morgan fingerprint density at radius 2 is 1.81 bits per heavy atom. The van der Waals surface area contributed by atoms with E-state index in [0.29, 0.717) is 32.8 Å². The number of aromatic nitrogens is 2. The van der Waals surface area contributed by atoms with Gasteiger partial charge in [-0.05, 0) is 36.6 Å². The first kappa shape index (κ1) is 20.9. The third kappa shape index (κ3) is 4.86. The molecule has 2 amide bonds. The van der Waals surface area contributed by atoms with Crippen molar-refractivity contribution in [2.24, 2.45) is 0 Å². The normalized spacial score (nSPS) is 14.2. The summed E-state index contributed by atoms with van der Waals surface area (Å²) in [6.07, 6.45) is 5.02. The van der Waals surface area contributed by atoms with Crippen LogP contribution in [0.3, 0.4) is 0 Å². The van der Waals surface area contributed by atoms with Crippen LogP contribution in [0.15, 0.2) is 60.1 Å². The van der Waals surface area contributed by atoms with Crippen LogP contribution >= 0.6 is 11.3 Å². The molecule has 1 aromatic carbocycles. The van der Waals surface area contributed by atoms with Gasteiger partial charge in [-0.15, -0.1) is 11.3 Å². The monoisotopic (exact) mass is 436 g/mol. The van der Waals surface area contributed by atoms with Gasteiger partial charge in [0.2, 0.25) is 5.91 Å². The van der Waals surface area contributed by atoms with Crippen molar-refractivity contribution >= 4 is 29.4 Å². The van der Waals surface area contributed by atoms with Gasteiger partial charge in [0.15, 0.2) is 0 Å². The second-order valence-corrected chi connectivity index (χ2v) is 7.98. The van der Waals surface area contributed by atoms with Crippen molar-refractivity contribution in [1.82, 2.24) is 19.6 Å². The SMILES string of the molecule is CCOC(=O)N1CCN(C(=O)C=Cc2cn(-c3ccccc3)nc2-c2cccs2)CC1. The van der Waals surface area contributed by atoms with E-state index in [1.54, 1.807) is 34.1 Å². The van der Waals surface area contributed by atoms with Gasteiger partial charge in [-0.3, -0.25) is 4.79 Å². The Morgan fingerprint density at radius 3 is 2.48 bits per heavy atom. The van der Waals surface area contributed by atoms with Gasteiger partial charge in [0.05, 0.1) is 17.2 Å². The summed E-state index contributed by atoms with van der Waals surface area (Å²) < 4.78 is 6.86. The molecule has 0 spiro atoms. The van der Waals surface area contributed by atoms with Crippen LogP contribution in [-0.4, -0.2) is 64.4 Å². The number of thiophene rings is 1. The number of para-hydroxylation sites is 1. The van der Waals surface area contributed by atoms with Crippen LogP contribution < -0.4 is 0 Å². The summed E-state index contributed by atoms with van der Waals surface area (Å²) in [5, 5.41) is 6.77. The number of carbonyl (C=O) groups is 2. The third-order valence-electron chi connectivity index (χ3n) is 5.04. The second-order valence-electron chi connectivity index (χ2n) is 7.04. The minimum absolute atomic E-state index is 0.0758. The molecule has 31 heavy (non-hydrogen) atoms. The molecule has 0 bridgehead atoms. The van der Waals surface area contributed by atoms with Gasteiger partial charge in [0.1, 0.15) is 5.69 Å². The van der Waals surface area contributed by atoms with Gasteiger partial charge in [0.25, 0.3) is 0 Å². The number of rotatable bonds is 5. The molecule has 7 nitrogen and oxygen atoms in total. The van der Waals surface area contributed by atoms with Gasteiger partial charge in [-0.25, -0.2) is 9.48 Å². The Kier molecular flexibility index (Phi) is 6.47. The van der Waals surface area contributed by atoms with Crippen molar-refractivity contribution in [3.8, 4) is 16.3 Å². The van der Waals surface area contributed by atoms with E-state index in [9.17, 15) is 9.59 Å². The minimum atomic E-state index is -0.320. The highest BCUT2D eigenvalue weighted by Gasteiger charge is 2.23. The first-order chi connectivity index (χ1) is 15.2. The largest absolute Gasteiger partial charge is 0.450 e. The summed E-state index contributed by atoms with van der Waals surface area (Å²) in [7, 11) is 0. The van der Waals surface area contributed by atoms with E-state index in [1.165, 1.54) is 0 Å². The van der Waals surface area contributed by atoms with Crippen molar-refractivity contribution in [2.75, 3.05) is 32.8 Å². The summed E-state index contributed by atoms with van der Waals surface area (Å²) in [6.45, 7) is 4.07. The van der Waals surface area contributed by atoms with E-state index in [2.05, 4.69) is 0 Å². The van der Waals surface area contributed by atoms with Crippen molar-refractivity contribution in [1.29, 1.82) is 0 Å². The fourth-order valence-corrected chi connectivity index (χ4v) is 4.15. The van der Waals surface area contributed by atoms with Crippen LogP contribution in [-0.2, 0) is 9.53 Å². The number of nitrogens with zero attached hydrogens (tertiary/aromatic N) is 4. The molecule has 0 N–H and O–H groups in total. The Balaban J connectivity index is 1.49. The first-order valence-electron chi connectivity index (χ1n) is 10.2. The highest BCUT2D eigenvalue weighted by atomic mass is 32.1. The molecule has 0 radical (unpaired) electrons. The van der Waals surface area contributed by atoms with E-state index in [4.69, 9.17) is 9.84 Å². The molecule has 1 aliphatic rings. The van der Waals surface area contributed by atoms with Crippen molar-refractivity contribution in [3.63, 3.8) is 0 Å². The Labute approximate surface area is 185 Å². The van der Waals surface area contributed by atoms with Crippen molar-refractivity contribution in [2.45, 2.75) is 6.92 Å². The Hall–Kier alpha value is -3.39. The number of amides is 2. The fourth-order valence-electron chi connectivity index (χ4n) is 3.42. The smallest absolute Gasteiger partial charge is 0.409 e. The number of ether oxygens (including phenoxy) is 1. The van der Waals surface area contributed by atoms with E-state index in [1.807, 2.05) is 64.8 Å². The van der Waals surface area contributed by atoms with Crippen LogP contribution in [0.1, 0.15) is 12.5 Å². The summed E-state index contributed by atoms with van der Waals surface area (Å²) in [5.41, 5.74) is 2.68. The lowest BCUT2D eigenvalue weighted by atomic mass is 10.2. The average molecular weight is 437 g/mol. The van der Waals surface area contributed by atoms with Gasteiger partial charge in [0, 0.05) is 44.0 Å². The molecule has 3 aromatic rings. The number of carbonyl (C=O) groups excluding carboxylic acids is 2. The zero-order chi connectivity index (χ0) is 21.6. The lowest BCUT2D eigenvalue weighted by molar-refractivity contribution is -0.127. The molecular weight excluding hydrogens is 412 g/mol. The molecule has 1 saturated heterocycles. The van der Waals surface area contributed by atoms with E-state index >= 15 is 0 Å². The van der Waals surface area contributed by atoms with Crippen LogP contribution in [0.2, 0.25) is 0 Å². The van der Waals surface area contributed by atoms with Crippen molar-refractivity contribution in [3.05, 3.63) is 65.7 Å². The topological polar surface area (TPSA) is 67.7 Å². The maximum atomic E-state index is 12.7. The number of hydrogen-bond acceptors (Lipinski definition) is 5. The van der Waals surface area contributed by atoms with Gasteiger partial charge in [-0.1, -0.05) is 24.3 Å². The van der Waals surface area contributed by atoms with Crippen LogP contribution in [0, 0.1) is 0 Å². The molecule has 0 unspecified atom stereocenters. The Morgan fingerprint density at radius 1 is 1.06 bits per heavy atom. The standard InChI is InChI=1S/C23H24N4O3S/c1-2-30-23(29)26-14-12-25(13-15-26)21(28)11-10-18-17-27(19-7-4-3-5-8-19)24-22(18)20-9-6-16-31-20/h3-11,16-17H,2,12-15H2,1H3. The molecule has 0 atom stereocenters. The molecule has 2 aromatic heterocycles. The van der Waals surface area contributed by atoms with Crippen LogP contribution in [0.25, 0.3) is 22.3 Å². The Bertz CT molecular complexity index is 1050. The summed E-state index contributed by atoms with van der Waals surface area (Å²) in [6, 6.07) is 13.9. The predicted octanol–water partition coefficient (Wildman–Crippen LogP) is 3.91. The predicted molar refractivity (Wildman–Crippen MR) is 121 cm³/mol. The van der Waals surface area contributed by atoms with Crippen LogP contribution in [0.4, 0.5) is 4.79 Å². The van der Waals surface area contributed by atoms with E-state index in [-0.39, 0.29) is 12.0 Å². The molecule has 0 aliphatic carbocycles. The minimum Gasteiger partial charge on any atom is -0.450 e. The molecule has 0 saturated carbocycles. The highest BCUT2D eigenvalue weighted by molar-refractivity contribution is 7.13. The molecule has 3 heterocycles. The maximum absolute atomic E-state index is 12.7. The lowest BCUT2D eigenvalue weighted by Gasteiger charge is -2.33.